The monoisotopic (exact) mass is 199 g/mol. The van der Waals surface area contributed by atoms with Crippen LogP contribution in [0.3, 0.4) is 0 Å². The van der Waals surface area contributed by atoms with Gasteiger partial charge in [0.2, 0.25) is 0 Å². The van der Waals surface area contributed by atoms with Crippen molar-refractivity contribution in [3.63, 3.8) is 0 Å². The Balaban J connectivity index is 2.59. The van der Waals surface area contributed by atoms with Crippen LogP contribution in [0.4, 0.5) is 0 Å². The van der Waals surface area contributed by atoms with E-state index in [2.05, 4.69) is 18.3 Å². The van der Waals surface area contributed by atoms with E-state index in [0.717, 1.165) is 24.4 Å². The van der Waals surface area contributed by atoms with Crippen molar-refractivity contribution in [3.05, 3.63) is 18.0 Å². The third-order valence-corrected chi connectivity index (χ3v) is 2.71. The van der Waals surface area contributed by atoms with Gasteiger partial charge < -0.3 is 5.73 Å². The van der Waals surface area contributed by atoms with Crippen molar-refractivity contribution in [2.75, 3.05) is 12.0 Å². The Morgan fingerprint density at radius 2 is 2.46 bits per heavy atom. The lowest BCUT2D eigenvalue weighted by Crippen LogP contribution is -2.16. The van der Waals surface area contributed by atoms with Gasteiger partial charge in [-0.1, -0.05) is 0 Å². The summed E-state index contributed by atoms with van der Waals surface area (Å²) in [5, 5.41) is 4.19. The Morgan fingerprint density at radius 3 is 3.08 bits per heavy atom. The van der Waals surface area contributed by atoms with E-state index in [-0.39, 0.29) is 6.04 Å². The van der Waals surface area contributed by atoms with Crippen molar-refractivity contribution in [3.8, 4) is 0 Å². The molecule has 1 heterocycles. The summed E-state index contributed by atoms with van der Waals surface area (Å²) in [4.78, 5) is 0. The van der Waals surface area contributed by atoms with Crippen molar-refractivity contribution in [1.82, 2.24) is 9.78 Å². The van der Waals surface area contributed by atoms with Gasteiger partial charge in [-0.15, -0.1) is 0 Å². The molecule has 1 atom stereocenters. The molecule has 0 bridgehead atoms. The van der Waals surface area contributed by atoms with E-state index in [1.54, 1.807) is 0 Å². The summed E-state index contributed by atoms with van der Waals surface area (Å²) in [7, 11) is 0. The minimum absolute atomic E-state index is 0.134. The molecule has 1 aromatic rings. The Hall–Kier alpha value is -0.480. The maximum absolute atomic E-state index is 6.03. The summed E-state index contributed by atoms with van der Waals surface area (Å²) in [6.07, 6.45) is 4.94. The fourth-order valence-corrected chi connectivity index (χ4v) is 1.80. The van der Waals surface area contributed by atoms with Gasteiger partial charge in [-0.2, -0.15) is 16.9 Å². The summed E-state index contributed by atoms with van der Waals surface area (Å²) in [6, 6.07) is 2.14. The van der Waals surface area contributed by atoms with Crippen LogP contribution in [-0.2, 0) is 6.54 Å². The van der Waals surface area contributed by atoms with Crippen LogP contribution in [0, 0.1) is 0 Å². The molecule has 4 heteroatoms. The molecule has 0 fully saturated rings. The van der Waals surface area contributed by atoms with E-state index >= 15 is 0 Å². The molecule has 0 aromatic carbocycles. The second-order valence-electron chi connectivity index (χ2n) is 2.96. The Kier molecular flexibility index (Phi) is 4.32. The van der Waals surface area contributed by atoms with Gasteiger partial charge in [0.1, 0.15) is 0 Å². The Bertz CT molecular complexity index is 247. The lowest BCUT2D eigenvalue weighted by Gasteiger charge is -2.12. The van der Waals surface area contributed by atoms with Gasteiger partial charge in [0.05, 0.1) is 5.69 Å². The largest absolute Gasteiger partial charge is 0.323 e. The first-order valence-corrected chi connectivity index (χ1v) is 5.95. The molecule has 1 aromatic heterocycles. The number of rotatable bonds is 5. The second-order valence-corrected chi connectivity index (χ2v) is 3.95. The molecule has 3 nitrogen and oxygen atoms in total. The van der Waals surface area contributed by atoms with Gasteiger partial charge in [-0.05, 0) is 31.4 Å². The van der Waals surface area contributed by atoms with Crippen molar-refractivity contribution in [2.45, 2.75) is 25.9 Å². The number of hydrogen-bond donors (Lipinski definition) is 1. The molecule has 1 unspecified atom stereocenters. The third kappa shape index (κ3) is 2.74. The number of thioether (sulfide) groups is 1. The normalized spacial score (nSPS) is 13.2. The average Bonchev–Trinajstić information content (AvgIpc) is 2.61. The Morgan fingerprint density at radius 1 is 1.69 bits per heavy atom. The van der Waals surface area contributed by atoms with E-state index in [1.165, 1.54) is 0 Å². The molecule has 0 saturated heterocycles. The molecule has 0 saturated carbocycles. The fourth-order valence-electron chi connectivity index (χ4n) is 1.31. The molecule has 0 spiro atoms. The first-order valence-electron chi connectivity index (χ1n) is 4.55. The topological polar surface area (TPSA) is 43.8 Å². The lowest BCUT2D eigenvalue weighted by molar-refractivity contribution is 0.564. The van der Waals surface area contributed by atoms with Gasteiger partial charge in [0, 0.05) is 18.8 Å². The number of aryl methyl sites for hydroxylation is 1. The highest BCUT2D eigenvalue weighted by atomic mass is 32.2. The zero-order valence-corrected chi connectivity index (χ0v) is 9.05. The molecule has 0 radical (unpaired) electrons. The number of hydrogen-bond acceptors (Lipinski definition) is 3. The molecule has 0 aliphatic rings. The van der Waals surface area contributed by atoms with E-state index in [0.29, 0.717) is 0 Å². The smallest absolute Gasteiger partial charge is 0.0551 e. The van der Waals surface area contributed by atoms with Crippen LogP contribution < -0.4 is 5.73 Å². The zero-order valence-electron chi connectivity index (χ0n) is 8.23. The molecule has 1 rings (SSSR count). The van der Waals surface area contributed by atoms with Gasteiger partial charge in [0.15, 0.2) is 0 Å². The van der Waals surface area contributed by atoms with Gasteiger partial charge >= 0.3 is 0 Å². The Labute approximate surface area is 83.7 Å². The van der Waals surface area contributed by atoms with Crippen molar-refractivity contribution in [2.24, 2.45) is 5.73 Å². The molecule has 74 valence electrons. The molecule has 2 N–H and O–H groups in total. The zero-order chi connectivity index (χ0) is 9.68. The number of aromatic nitrogens is 2. The maximum Gasteiger partial charge on any atom is 0.0551 e. The van der Waals surface area contributed by atoms with Crippen LogP contribution in [-0.4, -0.2) is 21.8 Å². The summed E-state index contributed by atoms with van der Waals surface area (Å²) >= 11 is 1.83. The van der Waals surface area contributed by atoms with E-state index in [1.807, 2.05) is 28.7 Å². The predicted molar refractivity (Wildman–Crippen MR) is 57.8 cm³/mol. The van der Waals surface area contributed by atoms with Gasteiger partial charge in [-0.25, -0.2) is 0 Å². The minimum Gasteiger partial charge on any atom is -0.323 e. The number of nitrogens with two attached hydrogens (primary N) is 1. The molecule has 0 aliphatic heterocycles. The van der Waals surface area contributed by atoms with E-state index in [4.69, 9.17) is 5.73 Å². The number of nitrogens with zero attached hydrogens (tertiary/aromatic N) is 2. The molecule has 13 heavy (non-hydrogen) atoms. The van der Waals surface area contributed by atoms with E-state index in [9.17, 15) is 0 Å². The average molecular weight is 199 g/mol. The van der Waals surface area contributed by atoms with Gasteiger partial charge in [-0.3, -0.25) is 4.68 Å². The quantitative estimate of drug-likeness (QED) is 0.784. The van der Waals surface area contributed by atoms with E-state index < -0.39 is 0 Å². The summed E-state index contributed by atoms with van der Waals surface area (Å²) in [5.74, 6) is 1.11. The highest BCUT2D eigenvalue weighted by molar-refractivity contribution is 7.98. The SMILES string of the molecule is CCn1nccc1C(N)CCSC. The molecular weight excluding hydrogens is 182 g/mol. The van der Waals surface area contributed by atoms with Crippen LogP contribution in [0.2, 0.25) is 0 Å². The first kappa shape index (κ1) is 10.6. The molecule has 0 aliphatic carbocycles. The van der Waals surface area contributed by atoms with Crippen LogP contribution in [0.5, 0.6) is 0 Å². The van der Waals surface area contributed by atoms with Gasteiger partial charge in [0.25, 0.3) is 0 Å². The first-order chi connectivity index (χ1) is 6.29. The van der Waals surface area contributed by atoms with Crippen LogP contribution in [0.15, 0.2) is 12.3 Å². The molecule has 0 amide bonds. The predicted octanol–water partition coefficient (Wildman–Crippen LogP) is 1.66. The van der Waals surface area contributed by atoms with Crippen molar-refractivity contribution in [1.29, 1.82) is 0 Å². The van der Waals surface area contributed by atoms with Crippen LogP contribution in [0.1, 0.15) is 25.1 Å². The highest BCUT2D eigenvalue weighted by Gasteiger charge is 2.09. The second kappa shape index (κ2) is 5.29. The third-order valence-electron chi connectivity index (χ3n) is 2.06. The summed E-state index contributed by atoms with van der Waals surface area (Å²) in [5.41, 5.74) is 7.18. The van der Waals surface area contributed by atoms with Crippen LogP contribution >= 0.6 is 11.8 Å². The fraction of sp³-hybridized carbons (Fsp3) is 0.667. The molecular formula is C9H17N3S. The van der Waals surface area contributed by atoms with Crippen LogP contribution in [0.25, 0.3) is 0 Å². The summed E-state index contributed by atoms with van der Waals surface area (Å²) in [6.45, 7) is 2.98. The lowest BCUT2D eigenvalue weighted by atomic mass is 10.2. The maximum atomic E-state index is 6.03. The summed E-state index contributed by atoms with van der Waals surface area (Å²) < 4.78 is 1.96. The standard InChI is InChI=1S/C9H17N3S/c1-3-12-9(4-6-11-12)8(10)5-7-13-2/h4,6,8H,3,5,7,10H2,1-2H3. The van der Waals surface area contributed by atoms with Crippen molar-refractivity contribution < 1.29 is 0 Å². The minimum atomic E-state index is 0.134. The van der Waals surface area contributed by atoms with Crippen molar-refractivity contribution >= 4 is 11.8 Å². The highest BCUT2D eigenvalue weighted by Crippen LogP contribution is 2.15.